The number of methoxy groups -OCH3 is 1. The molecule has 2 aromatic carbocycles. The lowest BCUT2D eigenvalue weighted by Gasteiger charge is -2.35. The van der Waals surface area contributed by atoms with Crippen LogP contribution in [0.5, 0.6) is 5.75 Å². The summed E-state index contributed by atoms with van der Waals surface area (Å²) in [4.78, 5) is 2.55. The van der Waals surface area contributed by atoms with Gasteiger partial charge in [-0.1, -0.05) is 50.3 Å². The number of benzene rings is 2. The maximum atomic E-state index is 13.5. The summed E-state index contributed by atoms with van der Waals surface area (Å²) in [5.41, 5.74) is 2.30. The molecule has 0 radical (unpaired) electrons. The van der Waals surface area contributed by atoms with Gasteiger partial charge >= 0.3 is 0 Å². The van der Waals surface area contributed by atoms with E-state index in [4.69, 9.17) is 4.74 Å². The molecule has 0 amide bonds. The Morgan fingerprint density at radius 2 is 1.69 bits per heavy atom. The first kappa shape index (κ1) is 21.6. The lowest BCUT2D eigenvalue weighted by Crippen LogP contribution is -2.44. The second kappa shape index (κ2) is 9.59. The Balaban J connectivity index is 1.86. The fourth-order valence-electron chi connectivity index (χ4n) is 3.80. The number of hydrogen-bond acceptors (Lipinski definition) is 4. The molecule has 0 bridgehead atoms. The number of hydrogen-bond donors (Lipinski definition) is 0. The molecular weight excluding hydrogens is 382 g/mol. The van der Waals surface area contributed by atoms with E-state index in [2.05, 4.69) is 24.8 Å². The van der Waals surface area contributed by atoms with Crippen molar-refractivity contribution < 1.29 is 13.2 Å². The van der Waals surface area contributed by atoms with Gasteiger partial charge in [-0.05, 0) is 60.6 Å². The first-order valence-corrected chi connectivity index (χ1v) is 11.8. The van der Waals surface area contributed by atoms with Crippen molar-refractivity contribution in [2.45, 2.75) is 43.4 Å². The van der Waals surface area contributed by atoms with Crippen LogP contribution in [0.3, 0.4) is 0 Å². The van der Waals surface area contributed by atoms with E-state index in [1.165, 1.54) is 5.57 Å². The molecule has 5 heteroatoms. The molecule has 0 fully saturated rings. The Kier molecular flexibility index (Phi) is 7.14. The van der Waals surface area contributed by atoms with E-state index < -0.39 is 15.2 Å². The van der Waals surface area contributed by atoms with E-state index in [0.717, 1.165) is 30.7 Å². The third-order valence-corrected chi connectivity index (χ3v) is 7.65. The van der Waals surface area contributed by atoms with Crippen LogP contribution in [0.2, 0.25) is 0 Å². The summed E-state index contributed by atoms with van der Waals surface area (Å²) in [7, 11) is -1.78. The summed E-state index contributed by atoms with van der Waals surface area (Å²) in [5.74, 6) is 1.29. The largest absolute Gasteiger partial charge is 0.497 e. The van der Waals surface area contributed by atoms with Crippen LogP contribution in [0.25, 0.3) is 5.57 Å². The summed E-state index contributed by atoms with van der Waals surface area (Å²) in [6, 6.07) is 16.9. The molecule has 156 valence electrons. The van der Waals surface area contributed by atoms with Gasteiger partial charge in [0, 0.05) is 13.1 Å². The smallest absolute Gasteiger partial charge is 0.194 e. The molecule has 0 aromatic heterocycles. The van der Waals surface area contributed by atoms with E-state index >= 15 is 0 Å². The van der Waals surface area contributed by atoms with E-state index in [1.807, 2.05) is 30.3 Å². The molecule has 1 atom stereocenters. The zero-order chi connectivity index (χ0) is 20.9. The van der Waals surface area contributed by atoms with Crippen LogP contribution in [-0.2, 0) is 9.84 Å². The van der Waals surface area contributed by atoms with Crippen LogP contribution >= 0.6 is 0 Å². The molecule has 2 aromatic rings. The normalized spacial score (nSPS) is 16.5. The van der Waals surface area contributed by atoms with Gasteiger partial charge in [-0.2, -0.15) is 0 Å². The van der Waals surface area contributed by atoms with Crippen LogP contribution in [0, 0.1) is 5.92 Å². The summed E-state index contributed by atoms with van der Waals surface area (Å²) >= 11 is 0. The summed E-state index contributed by atoms with van der Waals surface area (Å²) in [5, 5.41) is -0.505. The number of sulfone groups is 1. The first-order valence-electron chi connectivity index (χ1n) is 10.3. The third kappa shape index (κ3) is 5.28. The maximum Gasteiger partial charge on any atom is 0.194 e. The number of rotatable bonds is 8. The fraction of sp³-hybridized carbons (Fsp3) is 0.417. The van der Waals surface area contributed by atoms with Gasteiger partial charge in [0.05, 0.1) is 12.0 Å². The predicted molar refractivity (Wildman–Crippen MR) is 119 cm³/mol. The van der Waals surface area contributed by atoms with Crippen LogP contribution in [0.4, 0.5) is 0 Å². The molecule has 1 heterocycles. The summed E-state index contributed by atoms with van der Waals surface area (Å²) < 4.78 is 32.2. The first-order chi connectivity index (χ1) is 13.9. The predicted octanol–water partition coefficient (Wildman–Crippen LogP) is 5.02. The van der Waals surface area contributed by atoms with Gasteiger partial charge < -0.3 is 4.74 Å². The molecule has 0 saturated carbocycles. The maximum absolute atomic E-state index is 13.5. The molecule has 1 aliphatic rings. The highest BCUT2D eigenvalue weighted by molar-refractivity contribution is 7.92. The molecular formula is C24H31NO3S. The van der Waals surface area contributed by atoms with Crippen LogP contribution in [0.1, 0.15) is 38.7 Å². The van der Waals surface area contributed by atoms with Gasteiger partial charge in [-0.15, -0.1) is 0 Å². The molecule has 0 saturated heterocycles. The minimum Gasteiger partial charge on any atom is -0.497 e. The van der Waals surface area contributed by atoms with Crippen molar-refractivity contribution in [2.75, 3.05) is 20.2 Å². The average molecular weight is 414 g/mol. The highest BCUT2D eigenvalue weighted by Crippen LogP contribution is 2.30. The van der Waals surface area contributed by atoms with Crippen LogP contribution in [0.15, 0.2) is 65.6 Å². The SMILES string of the molecule is COc1ccc(C2=CCCN(C(CCC(C)C)S(=O)(=O)c3ccccc3)C2)cc1. The van der Waals surface area contributed by atoms with Gasteiger partial charge in [0.1, 0.15) is 11.1 Å². The summed E-state index contributed by atoms with van der Waals surface area (Å²) in [6.07, 6.45) is 4.61. The van der Waals surface area contributed by atoms with Gasteiger partial charge in [-0.25, -0.2) is 8.42 Å². The molecule has 1 aliphatic heterocycles. The minimum atomic E-state index is -3.43. The Hall–Kier alpha value is -2.11. The standard InChI is InChI=1S/C24H31NO3S/c1-19(2)11-16-24(29(26,27)23-9-5-4-6-10-23)25-17-7-8-21(18-25)20-12-14-22(28-3)15-13-20/h4-6,8-10,12-15,19,24H,7,11,16-18H2,1-3H3. The Labute approximate surface area is 175 Å². The lowest BCUT2D eigenvalue weighted by molar-refractivity contribution is 0.255. The molecule has 29 heavy (non-hydrogen) atoms. The Morgan fingerprint density at radius 3 is 2.31 bits per heavy atom. The van der Waals surface area contributed by atoms with E-state index in [9.17, 15) is 8.42 Å². The average Bonchev–Trinajstić information content (AvgIpc) is 2.74. The fourth-order valence-corrected chi connectivity index (χ4v) is 5.67. The highest BCUT2D eigenvalue weighted by Gasteiger charge is 2.34. The van der Waals surface area contributed by atoms with Crippen molar-refractivity contribution in [3.63, 3.8) is 0 Å². The zero-order valence-electron chi connectivity index (χ0n) is 17.5. The van der Waals surface area contributed by atoms with E-state index in [1.54, 1.807) is 31.4 Å². The molecule has 4 nitrogen and oxygen atoms in total. The van der Waals surface area contributed by atoms with Gasteiger partial charge in [0.2, 0.25) is 0 Å². The highest BCUT2D eigenvalue weighted by atomic mass is 32.2. The second-order valence-corrected chi connectivity index (χ2v) is 10.1. The minimum absolute atomic E-state index is 0.411. The zero-order valence-corrected chi connectivity index (χ0v) is 18.4. The lowest BCUT2D eigenvalue weighted by atomic mass is 10.0. The van der Waals surface area contributed by atoms with Crippen molar-refractivity contribution in [3.8, 4) is 5.75 Å². The molecule has 0 aliphatic carbocycles. The second-order valence-electron chi connectivity index (χ2n) is 8.00. The van der Waals surface area contributed by atoms with E-state index in [0.29, 0.717) is 23.8 Å². The number of ether oxygens (including phenoxy) is 1. The van der Waals surface area contributed by atoms with Crippen LogP contribution < -0.4 is 4.74 Å². The molecule has 0 spiro atoms. The Bertz CT molecular complexity index is 918. The van der Waals surface area contributed by atoms with Crippen molar-refractivity contribution in [3.05, 3.63) is 66.2 Å². The van der Waals surface area contributed by atoms with E-state index in [-0.39, 0.29) is 0 Å². The monoisotopic (exact) mass is 413 g/mol. The van der Waals surface area contributed by atoms with Crippen molar-refractivity contribution in [1.29, 1.82) is 0 Å². The van der Waals surface area contributed by atoms with Crippen molar-refractivity contribution in [2.24, 2.45) is 5.92 Å². The van der Waals surface area contributed by atoms with Crippen molar-refractivity contribution in [1.82, 2.24) is 4.90 Å². The van der Waals surface area contributed by atoms with Crippen LogP contribution in [-0.4, -0.2) is 38.9 Å². The quantitative estimate of drug-likeness (QED) is 0.610. The molecule has 0 N–H and O–H groups in total. The van der Waals surface area contributed by atoms with Crippen molar-refractivity contribution >= 4 is 15.4 Å². The van der Waals surface area contributed by atoms with Gasteiger partial charge in [-0.3, -0.25) is 4.90 Å². The Morgan fingerprint density at radius 1 is 1.00 bits per heavy atom. The summed E-state index contributed by atoms with van der Waals surface area (Å²) in [6.45, 7) is 5.69. The molecule has 1 unspecified atom stereocenters. The molecule has 3 rings (SSSR count). The van der Waals surface area contributed by atoms with Gasteiger partial charge in [0.25, 0.3) is 0 Å². The number of nitrogens with zero attached hydrogens (tertiary/aromatic N) is 1. The third-order valence-electron chi connectivity index (χ3n) is 5.47. The topological polar surface area (TPSA) is 46.6 Å². The van der Waals surface area contributed by atoms with Gasteiger partial charge in [0.15, 0.2) is 9.84 Å².